The predicted octanol–water partition coefficient (Wildman–Crippen LogP) is 1.16. The van der Waals surface area contributed by atoms with Crippen LogP contribution in [0.4, 0.5) is 11.4 Å². The van der Waals surface area contributed by atoms with E-state index in [-0.39, 0.29) is 5.91 Å². The van der Waals surface area contributed by atoms with Crippen molar-refractivity contribution >= 4 is 17.3 Å². The molecule has 0 saturated carbocycles. The largest absolute Gasteiger partial charge is 0.397 e. The lowest BCUT2D eigenvalue weighted by Gasteiger charge is -2.20. The van der Waals surface area contributed by atoms with Gasteiger partial charge in [0.25, 0.3) is 0 Å². The molecule has 3 N–H and O–H groups in total. The summed E-state index contributed by atoms with van der Waals surface area (Å²) in [6.07, 6.45) is 1.94. The molecule has 0 saturated heterocycles. The molecule has 0 atom stereocenters. The Bertz CT molecular complexity index is 417. The van der Waals surface area contributed by atoms with Gasteiger partial charge in [0.1, 0.15) is 0 Å². The normalized spacial score (nSPS) is 13.6. The van der Waals surface area contributed by atoms with E-state index in [0.29, 0.717) is 6.54 Å². The summed E-state index contributed by atoms with van der Waals surface area (Å²) < 4.78 is 0. The first-order valence-electron chi connectivity index (χ1n) is 6.11. The van der Waals surface area contributed by atoms with Crippen molar-refractivity contribution in [2.75, 3.05) is 30.3 Å². The highest BCUT2D eigenvalue weighted by molar-refractivity contribution is 5.85. The van der Waals surface area contributed by atoms with Gasteiger partial charge in [0, 0.05) is 13.1 Å². The lowest BCUT2D eigenvalue weighted by molar-refractivity contribution is -0.119. The third kappa shape index (κ3) is 2.52. The van der Waals surface area contributed by atoms with Gasteiger partial charge in [0.05, 0.1) is 17.9 Å². The zero-order valence-corrected chi connectivity index (χ0v) is 10.2. The number of nitrogen functional groups attached to an aromatic ring is 1. The molecule has 0 aliphatic carbocycles. The predicted molar refractivity (Wildman–Crippen MR) is 70.1 cm³/mol. The Labute approximate surface area is 102 Å². The smallest absolute Gasteiger partial charge is 0.239 e. The van der Waals surface area contributed by atoms with Crippen molar-refractivity contribution in [2.24, 2.45) is 0 Å². The third-order valence-electron chi connectivity index (χ3n) is 3.02. The topological polar surface area (TPSA) is 58.4 Å². The Morgan fingerprint density at radius 3 is 3.12 bits per heavy atom. The quantitative estimate of drug-likeness (QED) is 0.767. The molecule has 1 amide bonds. The van der Waals surface area contributed by atoms with Crippen LogP contribution in [0.1, 0.15) is 18.9 Å². The number of amides is 1. The Balaban J connectivity index is 2.04. The molecule has 0 fully saturated rings. The first-order valence-corrected chi connectivity index (χ1v) is 6.11. The summed E-state index contributed by atoms with van der Waals surface area (Å²) >= 11 is 0. The lowest BCUT2D eigenvalue weighted by atomic mass is 10.1. The molecule has 4 nitrogen and oxygen atoms in total. The molecule has 0 radical (unpaired) electrons. The monoisotopic (exact) mass is 233 g/mol. The molecule has 2 rings (SSSR count). The Morgan fingerprint density at radius 2 is 2.35 bits per heavy atom. The number of anilines is 2. The number of carbonyl (C=O) groups excluding carboxylic acids is 1. The number of fused-ring (bicyclic) bond motifs is 1. The van der Waals surface area contributed by atoms with Crippen molar-refractivity contribution in [3.63, 3.8) is 0 Å². The molecular weight excluding hydrogens is 214 g/mol. The highest BCUT2D eigenvalue weighted by Gasteiger charge is 2.22. The zero-order chi connectivity index (χ0) is 12.3. The summed E-state index contributed by atoms with van der Waals surface area (Å²) in [5.41, 5.74) is 9.02. The number of rotatable bonds is 4. The van der Waals surface area contributed by atoms with Gasteiger partial charge in [0.15, 0.2) is 0 Å². The number of carbonyl (C=O) groups is 1. The maximum absolute atomic E-state index is 11.7. The Hall–Kier alpha value is -1.71. The van der Waals surface area contributed by atoms with Gasteiger partial charge in [-0.2, -0.15) is 0 Å². The molecule has 4 heteroatoms. The number of nitrogens with two attached hydrogens (primary N) is 1. The third-order valence-corrected chi connectivity index (χ3v) is 3.02. The van der Waals surface area contributed by atoms with Gasteiger partial charge in [-0.1, -0.05) is 19.1 Å². The van der Waals surface area contributed by atoms with E-state index >= 15 is 0 Å². The minimum absolute atomic E-state index is 0.0722. The molecule has 0 aromatic heterocycles. The lowest BCUT2D eigenvalue weighted by Crippen LogP contribution is -2.36. The van der Waals surface area contributed by atoms with Gasteiger partial charge >= 0.3 is 0 Å². The van der Waals surface area contributed by atoms with Gasteiger partial charge in [0.2, 0.25) is 5.91 Å². The van der Waals surface area contributed by atoms with Crippen LogP contribution in [0.5, 0.6) is 0 Å². The molecule has 17 heavy (non-hydrogen) atoms. The van der Waals surface area contributed by atoms with E-state index < -0.39 is 0 Å². The summed E-state index contributed by atoms with van der Waals surface area (Å²) in [5.74, 6) is 0.0722. The number of hydrogen-bond donors (Lipinski definition) is 2. The van der Waals surface area contributed by atoms with Gasteiger partial charge in [-0.05, 0) is 24.5 Å². The van der Waals surface area contributed by atoms with Crippen LogP contribution in [-0.2, 0) is 11.2 Å². The van der Waals surface area contributed by atoms with Gasteiger partial charge in [-0.25, -0.2) is 0 Å². The first kappa shape index (κ1) is 11.8. The average Bonchev–Trinajstić information content (AvgIpc) is 2.71. The van der Waals surface area contributed by atoms with Crippen LogP contribution in [0.15, 0.2) is 18.2 Å². The average molecular weight is 233 g/mol. The van der Waals surface area contributed by atoms with E-state index in [1.807, 2.05) is 19.1 Å². The van der Waals surface area contributed by atoms with Crippen LogP contribution in [0, 0.1) is 0 Å². The van der Waals surface area contributed by atoms with Crippen molar-refractivity contribution in [2.45, 2.75) is 19.8 Å². The molecule has 1 aromatic rings. The Morgan fingerprint density at radius 1 is 1.53 bits per heavy atom. The minimum Gasteiger partial charge on any atom is -0.397 e. The van der Waals surface area contributed by atoms with Crippen molar-refractivity contribution in [1.29, 1.82) is 0 Å². The van der Waals surface area contributed by atoms with E-state index in [0.717, 1.165) is 37.3 Å². The van der Waals surface area contributed by atoms with Crippen LogP contribution in [0.25, 0.3) is 0 Å². The van der Waals surface area contributed by atoms with Crippen molar-refractivity contribution in [3.05, 3.63) is 23.8 Å². The standard InChI is InChI=1S/C13H19N3O/c1-2-7-15-12(17)9-16-8-6-10-4-3-5-11(14)13(10)16/h3-5H,2,6-9,14H2,1H3,(H,15,17). The van der Waals surface area contributed by atoms with Crippen LogP contribution in [-0.4, -0.2) is 25.5 Å². The van der Waals surface area contributed by atoms with E-state index in [1.54, 1.807) is 0 Å². The second-order valence-electron chi connectivity index (χ2n) is 4.38. The maximum Gasteiger partial charge on any atom is 0.239 e. The highest BCUT2D eigenvalue weighted by Crippen LogP contribution is 2.33. The molecule has 92 valence electrons. The molecule has 1 heterocycles. The number of hydrogen-bond acceptors (Lipinski definition) is 3. The zero-order valence-electron chi connectivity index (χ0n) is 10.2. The van der Waals surface area contributed by atoms with E-state index in [9.17, 15) is 4.79 Å². The molecule has 0 unspecified atom stereocenters. The Kier molecular flexibility index (Phi) is 3.52. The van der Waals surface area contributed by atoms with Crippen LogP contribution in [0.2, 0.25) is 0 Å². The SMILES string of the molecule is CCCNC(=O)CN1CCc2cccc(N)c21. The first-order chi connectivity index (χ1) is 8.22. The second-order valence-corrected chi connectivity index (χ2v) is 4.38. The molecule has 0 bridgehead atoms. The fraction of sp³-hybridized carbons (Fsp3) is 0.462. The van der Waals surface area contributed by atoms with Crippen molar-refractivity contribution in [1.82, 2.24) is 5.32 Å². The van der Waals surface area contributed by atoms with Gasteiger partial charge < -0.3 is 16.0 Å². The van der Waals surface area contributed by atoms with E-state index in [4.69, 9.17) is 5.73 Å². The molecule has 1 aromatic carbocycles. The molecular formula is C13H19N3O. The maximum atomic E-state index is 11.7. The molecule has 0 spiro atoms. The fourth-order valence-electron chi connectivity index (χ4n) is 2.22. The number of para-hydroxylation sites is 1. The van der Waals surface area contributed by atoms with Gasteiger partial charge in [-0.3, -0.25) is 4.79 Å². The van der Waals surface area contributed by atoms with Gasteiger partial charge in [-0.15, -0.1) is 0 Å². The second kappa shape index (κ2) is 5.08. The van der Waals surface area contributed by atoms with E-state index in [1.165, 1.54) is 5.56 Å². The van der Waals surface area contributed by atoms with Crippen molar-refractivity contribution < 1.29 is 4.79 Å². The summed E-state index contributed by atoms with van der Waals surface area (Å²) in [6, 6.07) is 5.94. The summed E-state index contributed by atoms with van der Waals surface area (Å²) in [7, 11) is 0. The summed E-state index contributed by atoms with van der Waals surface area (Å²) in [6.45, 7) is 4.07. The summed E-state index contributed by atoms with van der Waals surface area (Å²) in [4.78, 5) is 13.8. The number of nitrogens with zero attached hydrogens (tertiary/aromatic N) is 1. The van der Waals surface area contributed by atoms with E-state index in [2.05, 4.69) is 16.3 Å². The molecule has 1 aliphatic rings. The van der Waals surface area contributed by atoms with Crippen LogP contribution >= 0.6 is 0 Å². The highest BCUT2D eigenvalue weighted by atomic mass is 16.2. The van der Waals surface area contributed by atoms with Crippen LogP contribution in [0.3, 0.4) is 0 Å². The number of nitrogens with one attached hydrogen (secondary N) is 1. The summed E-state index contributed by atoms with van der Waals surface area (Å²) in [5, 5.41) is 2.89. The number of benzene rings is 1. The molecule has 1 aliphatic heterocycles. The minimum atomic E-state index is 0.0722. The van der Waals surface area contributed by atoms with Crippen molar-refractivity contribution in [3.8, 4) is 0 Å². The fourth-order valence-corrected chi connectivity index (χ4v) is 2.22. The van der Waals surface area contributed by atoms with Crippen LogP contribution < -0.4 is 16.0 Å².